The van der Waals surface area contributed by atoms with Crippen molar-refractivity contribution < 1.29 is 22.1 Å². The van der Waals surface area contributed by atoms with E-state index in [-0.39, 0.29) is 5.00 Å². The maximum atomic E-state index is 13.4. The minimum absolute atomic E-state index is 0.305. The fourth-order valence-corrected chi connectivity index (χ4v) is 3.69. The molecule has 1 heterocycles. The fourth-order valence-electron chi connectivity index (χ4n) is 1.42. The van der Waals surface area contributed by atoms with Gasteiger partial charge in [-0.3, -0.25) is 14.8 Å². The van der Waals surface area contributed by atoms with E-state index in [0.717, 1.165) is 18.2 Å². The summed E-state index contributed by atoms with van der Waals surface area (Å²) >= 11 is 0.448. The van der Waals surface area contributed by atoms with Crippen LogP contribution in [-0.2, 0) is 10.0 Å². The molecule has 112 valence electrons. The second-order valence-electron chi connectivity index (χ2n) is 3.80. The number of hydrogen-bond donors (Lipinski definition) is 2. The largest absolute Gasteiger partial charge is 0.385 e. The summed E-state index contributed by atoms with van der Waals surface area (Å²) < 4.78 is 51.7. The van der Waals surface area contributed by atoms with Crippen LogP contribution in [0.2, 0.25) is 0 Å². The van der Waals surface area contributed by atoms with Crippen LogP contribution in [0.5, 0.6) is 0 Å². The molecule has 0 aliphatic heterocycles. The first-order chi connectivity index (χ1) is 9.70. The van der Waals surface area contributed by atoms with Gasteiger partial charge in [0.05, 0.1) is 10.6 Å². The lowest BCUT2D eigenvalue weighted by Crippen LogP contribution is -2.12. The Balaban J connectivity index is 2.41. The number of rotatable bonds is 4. The van der Waals surface area contributed by atoms with Crippen molar-refractivity contribution in [1.29, 1.82) is 0 Å². The normalized spacial score (nSPS) is 11.3. The van der Waals surface area contributed by atoms with Crippen molar-refractivity contribution >= 4 is 37.7 Å². The predicted octanol–water partition coefficient (Wildman–Crippen LogP) is 2.32. The standard InChI is InChI=1S/C10H7F2N3O4S2/c11-5-1-2-6(12)7(3-5)14-21(18,19)9-4-8(15(16)17)10(13)20-9/h1-4,14H,13H2. The van der Waals surface area contributed by atoms with E-state index in [1.54, 1.807) is 0 Å². The zero-order valence-electron chi connectivity index (χ0n) is 10.0. The zero-order chi connectivity index (χ0) is 15.8. The van der Waals surface area contributed by atoms with E-state index in [4.69, 9.17) is 5.73 Å². The number of nitrogens with zero attached hydrogens (tertiary/aromatic N) is 1. The first-order valence-corrected chi connectivity index (χ1v) is 7.52. The lowest BCUT2D eigenvalue weighted by Gasteiger charge is -2.06. The molecule has 0 spiro atoms. The van der Waals surface area contributed by atoms with Gasteiger partial charge in [-0.1, -0.05) is 11.3 Å². The molecule has 0 amide bonds. The van der Waals surface area contributed by atoms with Crippen molar-refractivity contribution in [3.63, 3.8) is 0 Å². The molecule has 1 aromatic heterocycles. The number of nitrogen functional groups attached to an aromatic ring is 1. The first kappa shape index (κ1) is 15.1. The van der Waals surface area contributed by atoms with E-state index < -0.39 is 42.2 Å². The highest BCUT2D eigenvalue weighted by molar-refractivity contribution is 7.94. The Hall–Kier alpha value is -2.27. The number of anilines is 2. The summed E-state index contributed by atoms with van der Waals surface area (Å²) in [5.41, 5.74) is 4.16. The summed E-state index contributed by atoms with van der Waals surface area (Å²) in [7, 11) is -4.31. The molecule has 0 aliphatic carbocycles. The van der Waals surface area contributed by atoms with Gasteiger partial charge < -0.3 is 5.73 Å². The molecule has 0 saturated heterocycles. The van der Waals surface area contributed by atoms with Crippen LogP contribution < -0.4 is 10.5 Å². The van der Waals surface area contributed by atoms with Gasteiger partial charge in [0, 0.05) is 12.1 Å². The maximum absolute atomic E-state index is 13.4. The van der Waals surface area contributed by atoms with Gasteiger partial charge in [0.25, 0.3) is 10.0 Å². The molecule has 11 heteroatoms. The third-order valence-electron chi connectivity index (χ3n) is 2.35. The molecule has 1 aromatic carbocycles. The van der Waals surface area contributed by atoms with E-state index in [0.29, 0.717) is 17.4 Å². The van der Waals surface area contributed by atoms with Crippen LogP contribution in [0.3, 0.4) is 0 Å². The van der Waals surface area contributed by atoms with Crippen LogP contribution >= 0.6 is 11.3 Å². The van der Waals surface area contributed by atoms with Gasteiger partial charge in [0.2, 0.25) is 0 Å². The van der Waals surface area contributed by atoms with E-state index in [9.17, 15) is 27.3 Å². The second kappa shape index (κ2) is 5.26. The molecule has 2 rings (SSSR count). The number of benzene rings is 1. The van der Waals surface area contributed by atoms with Crippen molar-refractivity contribution in [3.8, 4) is 0 Å². The predicted molar refractivity (Wildman–Crippen MR) is 72.6 cm³/mol. The van der Waals surface area contributed by atoms with Crippen LogP contribution in [0.1, 0.15) is 0 Å². The van der Waals surface area contributed by atoms with E-state index in [1.807, 2.05) is 4.72 Å². The minimum atomic E-state index is -4.31. The van der Waals surface area contributed by atoms with Gasteiger partial charge in [-0.15, -0.1) is 0 Å². The van der Waals surface area contributed by atoms with Crippen molar-refractivity contribution in [2.75, 3.05) is 10.5 Å². The van der Waals surface area contributed by atoms with Crippen LogP contribution in [-0.4, -0.2) is 13.3 Å². The van der Waals surface area contributed by atoms with Crippen molar-refractivity contribution in [2.45, 2.75) is 4.21 Å². The molecule has 0 fully saturated rings. The molecule has 0 unspecified atom stereocenters. The highest BCUT2D eigenvalue weighted by atomic mass is 32.2. The second-order valence-corrected chi connectivity index (χ2v) is 6.79. The third kappa shape index (κ3) is 3.08. The Bertz CT molecular complexity index is 820. The summed E-state index contributed by atoms with van der Waals surface area (Å²) in [5.74, 6) is -1.83. The highest BCUT2D eigenvalue weighted by Gasteiger charge is 2.25. The summed E-state index contributed by atoms with van der Waals surface area (Å²) in [5, 5.41) is 10.3. The van der Waals surface area contributed by atoms with Gasteiger partial charge in [0.15, 0.2) is 5.00 Å². The summed E-state index contributed by atoms with van der Waals surface area (Å²) in [6.45, 7) is 0. The van der Waals surface area contributed by atoms with Crippen molar-refractivity contribution in [1.82, 2.24) is 0 Å². The lowest BCUT2D eigenvalue weighted by molar-refractivity contribution is -0.383. The molecule has 2 aromatic rings. The van der Waals surface area contributed by atoms with Crippen molar-refractivity contribution in [2.24, 2.45) is 0 Å². The SMILES string of the molecule is Nc1sc(S(=O)(=O)Nc2cc(F)ccc2F)cc1[N+](=O)[O-]. The molecule has 0 saturated carbocycles. The van der Waals surface area contributed by atoms with Gasteiger partial charge >= 0.3 is 5.69 Å². The topological polar surface area (TPSA) is 115 Å². The Labute approximate surface area is 121 Å². The number of sulfonamides is 1. The monoisotopic (exact) mass is 335 g/mol. The minimum Gasteiger partial charge on any atom is -0.385 e. The van der Waals surface area contributed by atoms with E-state index in [1.165, 1.54) is 0 Å². The van der Waals surface area contributed by atoms with Gasteiger partial charge in [-0.2, -0.15) is 0 Å². The summed E-state index contributed by atoms with van der Waals surface area (Å²) in [6, 6.07) is 2.97. The number of thiophene rings is 1. The molecular weight excluding hydrogens is 328 g/mol. The van der Waals surface area contributed by atoms with Crippen LogP contribution in [0.4, 0.5) is 25.2 Å². The zero-order valence-corrected chi connectivity index (χ0v) is 11.7. The Kier molecular flexibility index (Phi) is 3.78. The number of nitrogens with one attached hydrogen (secondary N) is 1. The number of halogens is 2. The van der Waals surface area contributed by atoms with Crippen LogP contribution in [0.15, 0.2) is 28.5 Å². The number of nitrogens with two attached hydrogens (primary N) is 1. The molecule has 21 heavy (non-hydrogen) atoms. The Morgan fingerprint density at radius 3 is 2.52 bits per heavy atom. The quantitative estimate of drug-likeness (QED) is 0.657. The van der Waals surface area contributed by atoms with Crippen molar-refractivity contribution in [3.05, 3.63) is 46.0 Å². The third-order valence-corrected chi connectivity index (χ3v) is 5.14. The molecule has 7 nitrogen and oxygen atoms in total. The van der Waals surface area contributed by atoms with E-state index >= 15 is 0 Å². The smallest absolute Gasteiger partial charge is 0.304 e. The Morgan fingerprint density at radius 1 is 1.29 bits per heavy atom. The number of hydrogen-bond acceptors (Lipinski definition) is 6. The van der Waals surface area contributed by atoms with Gasteiger partial charge in [-0.05, 0) is 12.1 Å². The molecule has 0 radical (unpaired) electrons. The average Bonchev–Trinajstić information content (AvgIpc) is 2.77. The lowest BCUT2D eigenvalue weighted by atomic mass is 10.3. The Morgan fingerprint density at radius 2 is 1.95 bits per heavy atom. The molecule has 0 bridgehead atoms. The van der Waals surface area contributed by atoms with Crippen LogP contribution in [0.25, 0.3) is 0 Å². The molecule has 0 aliphatic rings. The fraction of sp³-hybridized carbons (Fsp3) is 0. The highest BCUT2D eigenvalue weighted by Crippen LogP contribution is 2.35. The molecule has 0 atom stereocenters. The molecule has 3 N–H and O–H groups in total. The number of nitro groups is 1. The van der Waals surface area contributed by atoms with Gasteiger partial charge in [-0.25, -0.2) is 17.2 Å². The first-order valence-electron chi connectivity index (χ1n) is 5.22. The van der Waals surface area contributed by atoms with Gasteiger partial charge in [0.1, 0.15) is 15.8 Å². The summed E-state index contributed by atoms with van der Waals surface area (Å²) in [6.07, 6.45) is 0. The summed E-state index contributed by atoms with van der Waals surface area (Å²) in [4.78, 5) is 9.79. The van der Waals surface area contributed by atoms with Crippen LogP contribution in [0, 0.1) is 21.7 Å². The molecular formula is C10H7F2N3O4S2. The van der Waals surface area contributed by atoms with E-state index in [2.05, 4.69) is 0 Å². The average molecular weight is 335 g/mol. The maximum Gasteiger partial charge on any atom is 0.304 e.